The van der Waals surface area contributed by atoms with Crippen molar-refractivity contribution in [3.8, 4) is 23.3 Å². The fourth-order valence-corrected chi connectivity index (χ4v) is 2.95. The zero-order chi connectivity index (χ0) is 18.0. The molecule has 0 saturated heterocycles. The minimum atomic E-state index is -0.217. The molecule has 1 amide bonds. The summed E-state index contributed by atoms with van der Waals surface area (Å²) in [7, 11) is 0. The third-order valence-corrected chi connectivity index (χ3v) is 4.25. The largest absolute Gasteiger partial charge is 0.486 e. The molecule has 1 aliphatic heterocycles. The van der Waals surface area contributed by atoms with Crippen LogP contribution in [0.5, 0.6) is 11.5 Å². The van der Waals surface area contributed by atoms with Gasteiger partial charge in [0.1, 0.15) is 13.2 Å². The van der Waals surface area contributed by atoms with Crippen LogP contribution in [-0.2, 0) is 0 Å². The van der Waals surface area contributed by atoms with Crippen LogP contribution >= 0.6 is 0 Å². The highest BCUT2D eigenvalue weighted by molar-refractivity contribution is 5.96. The molecule has 1 N–H and O–H groups in total. The zero-order valence-corrected chi connectivity index (χ0v) is 14.6. The van der Waals surface area contributed by atoms with E-state index in [0.29, 0.717) is 31.1 Å². The number of rotatable bonds is 4. The fraction of sp³-hybridized carbons (Fsp3) is 0.368. The van der Waals surface area contributed by atoms with Gasteiger partial charge in [-0.2, -0.15) is 5.26 Å². The van der Waals surface area contributed by atoms with Crippen molar-refractivity contribution in [2.24, 2.45) is 5.92 Å². The molecule has 2 aromatic rings. The molecule has 1 aromatic heterocycles. The first kappa shape index (κ1) is 16.9. The maximum Gasteiger partial charge on any atom is 0.253 e. The van der Waals surface area contributed by atoms with Gasteiger partial charge in [0.15, 0.2) is 11.5 Å². The first-order valence-corrected chi connectivity index (χ1v) is 8.28. The molecule has 0 spiro atoms. The number of carbonyl (C=O) groups is 1. The minimum absolute atomic E-state index is 0.168. The second kappa shape index (κ2) is 6.89. The average Bonchev–Trinajstić information content (AvgIpc) is 2.93. The molecule has 25 heavy (non-hydrogen) atoms. The van der Waals surface area contributed by atoms with Gasteiger partial charge in [-0.1, -0.05) is 0 Å². The number of hydrogen-bond donors (Lipinski definition) is 1. The summed E-state index contributed by atoms with van der Waals surface area (Å²) in [6.45, 7) is 7.07. The summed E-state index contributed by atoms with van der Waals surface area (Å²) in [6.07, 6.45) is 0. The molecule has 1 aliphatic rings. The first-order valence-electron chi connectivity index (χ1n) is 8.28. The highest BCUT2D eigenvalue weighted by Crippen LogP contribution is 2.33. The average molecular weight is 339 g/mol. The molecule has 1 atom stereocenters. The van der Waals surface area contributed by atoms with Gasteiger partial charge in [-0.25, -0.2) is 0 Å². The maximum atomic E-state index is 12.4. The number of fused-ring (bicyclic) bond motifs is 1. The van der Waals surface area contributed by atoms with Crippen LogP contribution in [0, 0.1) is 31.1 Å². The smallest absolute Gasteiger partial charge is 0.253 e. The number of nitrogens with one attached hydrogen (secondary N) is 1. The monoisotopic (exact) mass is 339 g/mol. The van der Waals surface area contributed by atoms with E-state index in [-0.39, 0.29) is 11.8 Å². The van der Waals surface area contributed by atoms with E-state index in [4.69, 9.17) is 14.7 Å². The van der Waals surface area contributed by atoms with Gasteiger partial charge in [-0.05, 0) is 39.0 Å². The molecule has 0 bridgehead atoms. The van der Waals surface area contributed by atoms with Crippen LogP contribution in [0.3, 0.4) is 0 Å². The second-order valence-electron chi connectivity index (χ2n) is 6.19. The molecule has 6 nitrogen and oxygen atoms in total. The van der Waals surface area contributed by atoms with Crippen LogP contribution in [-0.4, -0.2) is 30.2 Å². The zero-order valence-electron chi connectivity index (χ0n) is 14.6. The lowest BCUT2D eigenvalue weighted by Gasteiger charge is -2.20. The summed E-state index contributed by atoms with van der Waals surface area (Å²) >= 11 is 0. The third-order valence-electron chi connectivity index (χ3n) is 4.25. The molecular weight excluding hydrogens is 318 g/mol. The van der Waals surface area contributed by atoms with Crippen molar-refractivity contribution < 1.29 is 14.3 Å². The number of aryl methyl sites for hydroxylation is 1. The Morgan fingerprint density at radius 1 is 1.28 bits per heavy atom. The molecule has 3 rings (SSSR count). The Morgan fingerprint density at radius 3 is 2.72 bits per heavy atom. The van der Waals surface area contributed by atoms with Gasteiger partial charge < -0.3 is 19.4 Å². The van der Waals surface area contributed by atoms with Crippen LogP contribution in [0.25, 0.3) is 5.69 Å². The van der Waals surface area contributed by atoms with E-state index in [1.54, 1.807) is 6.92 Å². The normalized spacial score (nSPS) is 13.8. The van der Waals surface area contributed by atoms with Crippen molar-refractivity contribution in [2.75, 3.05) is 19.8 Å². The topological polar surface area (TPSA) is 76.3 Å². The molecule has 6 heteroatoms. The lowest BCUT2D eigenvalue weighted by atomic mass is 10.2. The van der Waals surface area contributed by atoms with Crippen LogP contribution in [0.1, 0.15) is 28.7 Å². The van der Waals surface area contributed by atoms with Crippen LogP contribution < -0.4 is 14.8 Å². The number of amides is 1. The van der Waals surface area contributed by atoms with Gasteiger partial charge in [0.2, 0.25) is 0 Å². The summed E-state index contributed by atoms with van der Waals surface area (Å²) in [6, 6.07) is 9.73. The number of ether oxygens (including phenoxy) is 2. The Labute approximate surface area is 147 Å². The predicted molar refractivity (Wildman–Crippen MR) is 93.3 cm³/mol. The number of benzene rings is 1. The quantitative estimate of drug-likeness (QED) is 0.929. The van der Waals surface area contributed by atoms with E-state index >= 15 is 0 Å². The Bertz CT molecular complexity index is 848. The summed E-state index contributed by atoms with van der Waals surface area (Å²) in [5, 5.41) is 11.7. The Hall–Kier alpha value is -2.94. The van der Waals surface area contributed by atoms with Crippen molar-refractivity contribution in [3.63, 3.8) is 0 Å². The van der Waals surface area contributed by atoms with E-state index in [1.165, 1.54) is 0 Å². The van der Waals surface area contributed by atoms with E-state index < -0.39 is 0 Å². The number of hydrogen-bond acceptors (Lipinski definition) is 4. The number of nitriles is 1. The van der Waals surface area contributed by atoms with Gasteiger partial charge in [-0.15, -0.1) is 0 Å². The molecule has 1 aromatic carbocycles. The van der Waals surface area contributed by atoms with Crippen LogP contribution in [0.15, 0.2) is 24.3 Å². The Morgan fingerprint density at radius 2 is 2.00 bits per heavy atom. The van der Waals surface area contributed by atoms with Crippen molar-refractivity contribution in [3.05, 3.63) is 41.2 Å². The maximum absolute atomic E-state index is 12.4. The molecule has 0 fully saturated rings. The van der Waals surface area contributed by atoms with E-state index in [0.717, 1.165) is 22.8 Å². The highest BCUT2D eigenvalue weighted by atomic mass is 16.6. The molecule has 130 valence electrons. The molecule has 0 radical (unpaired) electrons. The third kappa shape index (κ3) is 3.31. The van der Waals surface area contributed by atoms with Gasteiger partial charge in [-0.3, -0.25) is 4.79 Å². The minimum Gasteiger partial charge on any atom is -0.486 e. The fourth-order valence-electron chi connectivity index (χ4n) is 2.95. The van der Waals surface area contributed by atoms with Gasteiger partial charge >= 0.3 is 0 Å². The van der Waals surface area contributed by atoms with Gasteiger partial charge in [0, 0.05) is 29.7 Å². The number of nitrogens with zero attached hydrogens (tertiary/aromatic N) is 2. The summed E-state index contributed by atoms with van der Waals surface area (Å²) in [5.41, 5.74) is 3.32. The second-order valence-corrected chi connectivity index (χ2v) is 6.19. The van der Waals surface area contributed by atoms with Gasteiger partial charge in [0.25, 0.3) is 5.91 Å². The molecule has 0 saturated carbocycles. The molecule has 0 unspecified atom stereocenters. The predicted octanol–water partition coefficient (Wildman–Crippen LogP) is 2.75. The van der Waals surface area contributed by atoms with E-state index in [2.05, 4.69) is 11.4 Å². The van der Waals surface area contributed by atoms with E-state index in [9.17, 15) is 4.79 Å². The van der Waals surface area contributed by atoms with Gasteiger partial charge in [0.05, 0.1) is 17.6 Å². The number of carbonyl (C=O) groups excluding carboxylic acids is 1. The molecule has 0 aliphatic carbocycles. The summed E-state index contributed by atoms with van der Waals surface area (Å²) in [5.74, 6) is 1.07. The van der Waals surface area contributed by atoms with Crippen molar-refractivity contribution in [1.29, 1.82) is 5.26 Å². The SMILES string of the molecule is Cc1cc(C(=O)NC[C@H](C)C#N)c(C)n1-c1ccc2c(c1)OCCO2. The van der Waals surface area contributed by atoms with E-state index in [1.807, 2.05) is 42.7 Å². The Balaban J connectivity index is 1.90. The lowest BCUT2D eigenvalue weighted by Crippen LogP contribution is -2.28. The highest BCUT2D eigenvalue weighted by Gasteiger charge is 2.19. The van der Waals surface area contributed by atoms with Crippen LogP contribution in [0.4, 0.5) is 0 Å². The Kier molecular flexibility index (Phi) is 4.66. The lowest BCUT2D eigenvalue weighted by molar-refractivity contribution is 0.0950. The summed E-state index contributed by atoms with van der Waals surface area (Å²) < 4.78 is 13.2. The number of aromatic nitrogens is 1. The summed E-state index contributed by atoms with van der Waals surface area (Å²) in [4.78, 5) is 12.4. The van der Waals surface area contributed by atoms with Crippen LogP contribution in [0.2, 0.25) is 0 Å². The molecular formula is C19H21N3O3. The first-order chi connectivity index (χ1) is 12.0. The molecule has 2 heterocycles. The standard InChI is InChI=1S/C19H21N3O3/c1-12(10-20)11-21-19(23)16-8-13(2)22(14(16)3)15-4-5-17-18(9-15)25-7-6-24-17/h4-5,8-9,12H,6-7,11H2,1-3H3,(H,21,23)/t12-/m1/s1. The van der Waals surface area contributed by atoms with Crippen molar-refractivity contribution in [1.82, 2.24) is 9.88 Å². The van der Waals surface area contributed by atoms with Crippen molar-refractivity contribution in [2.45, 2.75) is 20.8 Å². The van der Waals surface area contributed by atoms with Crippen molar-refractivity contribution >= 4 is 5.91 Å².